The lowest BCUT2D eigenvalue weighted by Gasteiger charge is -2.41. The van der Waals surface area contributed by atoms with Crippen LogP contribution in [0.15, 0.2) is 0 Å². The van der Waals surface area contributed by atoms with Crippen LogP contribution in [-0.2, 0) is 4.74 Å². The van der Waals surface area contributed by atoms with Crippen LogP contribution in [-0.4, -0.2) is 50.8 Å². The molecule has 0 aromatic heterocycles. The average Bonchev–Trinajstić information content (AvgIpc) is 2.39. The summed E-state index contributed by atoms with van der Waals surface area (Å²) in [5.74, 6) is 0.750. The molecule has 1 aliphatic rings. The maximum absolute atomic E-state index is 5.58. The molecule has 0 radical (unpaired) electrons. The van der Waals surface area contributed by atoms with Crippen molar-refractivity contribution in [2.24, 2.45) is 11.3 Å². The van der Waals surface area contributed by atoms with Crippen LogP contribution in [0.2, 0.25) is 0 Å². The van der Waals surface area contributed by atoms with Crippen LogP contribution in [0, 0.1) is 11.3 Å². The average molecular weight is 270 g/mol. The zero-order valence-corrected chi connectivity index (χ0v) is 13.5. The second-order valence-corrected chi connectivity index (χ2v) is 6.51. The molecule has 114 valence electrons. The predicted octanol–water partition coefficient (Wildman–Crippen LogP) is 2.76. The predicted molar refractivity (Wildman–Crippen MR) is 82.6 cm³/mol. The van der Waals surface area contributed by atoms with Crippen molar-refractivity contribution in [3.63, 3.8) is 0 Å². The van der Waals surface area contributed by atoms with Crippen LogP contribution in [0.25, 0.3) is 0 Å². The van der Waals surface area contributed by atoms with E-state index in [0.717, 1.165) is 38.8 Å². The lowest BCUT2D eigenvalue weighted by molar-refractivity contribution is -0.00511. The van der Waals surface area contributed by atoms with Crippen molar-refractivity contribution in [2.45, 2.75) is 47.0 Å². The number of ether oxygens (including phenoxy) is 1. The molecule has 19 heavy (non-hydrogen) atoms. The largest absolute Gasteiger partial charge is 0.381 e. The molecule has 0 saturated carbocycles. The van der Waals surface area contributed by atoms with Crippen molar-refractivity contribution in [2.75, 3.05) is 45.9 Å². The first kappa shape index (κ1) is 16.9. The highest BCUT2D eigenvalue weighted by atomic mass is 16.5. The zero-order chi connectivity index (χ0) is 14.1. The van der Waals surface area contributed by atoms with Crippen LogP contribution in [0.4, 0.5) is 0 Å². The first-order valence-electron chi connectivity index (χ1n) is 8.12. The van der Waals surface area contributed by atoms with E-state index in [2.05, 4.69) is 37.9 Å². The Labute approximate surface area is 120 Å². The van der Waals surface area contributed by atoms with Gasteiger partial charge in [0.15, 0.2) is 0 Å². The highest BCUT2D eigenvalue weighted by molar-refractivity contribution is 4.87. The molecule has 0 bridgehead atoms. The summed E-state index contributed by atoms with van der Waals surface area (Å²) in [6, 6.07) is 0. The summed E-state index contributed by atoms with van der Waals surface area (Å²) >= 11 is 0. The molecule has 1 saturated heterocycles. The Morgan fingerprint density at radius 3 is 2.42 bits per heavy atom. The summed E-state index contributed by atoms with van der Waals surface area (Å²) in [7, 11) is 0. The number of hydrogen-bond donors (Lipinski definition) is 1. The van der Waals surface area contributed by atoms with Gasteiger partial charge in [-0.2, -0.15) is 0 Å². The SMILES string of the molecule is CCCNCC1(CN(CC)CC(C)C)CCOCC1. The minimum Gasteiger partial charge on any atom is -0.381 e. The van der Waals surface area contributed by atoms with Gasteiger partial charge in [-0.1, -0.05) is 27.7 Å². The Morgan fingerprint density at radius 2 is 1.89 bits per heavy atom. The van der Waals surface area contributed by atoms with Crippen molar-refractivity contribution in [1.82, 2.24) is 10.2 Å². The molecular formula is C16H34N2O. The topological polar surface area (TPSA) is 24.5 Å². The van der Waals surface area contributed by atoms with Gasteiger partial charge < -0.3 is 15.0 Å². The molecule has 0 aromatic rings. The van der Waals surface area contributed by atoms with Crippen LogP contribution in [0.1, 0.15) is 47.0 Å². The number of nitrogens with one attached hydrogen (secondary N) is 1. The Morgan fingerprint density at radius 1 is 1.21 bits per heavy atom. The quantitative estimate of drug-likeness (QED) is 0.652. The van der Waals surface area contributed by atoms with E-state index >= 15 is 0 Å². The summed E-state index contributed by atoms with van der Waals surface area (Å²) in [5, 5.41) is 3.65. The highest BCUT2D eigenvalue weighted by Crippen LogP contribution is 2.31. The summed E-state index contributed by atoms with van der Waals surface area (Å²) in [6.07, 6.45) is 3.63. The minimum atomic E-state index is 0.429. The second kappa shape index (κ2) is 8.93. The fourth-order valence-electron chi connectivity index (χ4n) is 3.02. The maximum Gasteiger partial charge on any atom is 0.0472 e. The molecule has 1 fully saturated rings. The van der Waals surface area contributed by atoms with Gasteiger partial charge in [0.2, 0.25) is 0 Å². The molecule has 1 rings (SSSR count). The number of nitrogens with zero attached hydrogens (tertiary/aromatic N) is 1. The number of rotatable bonds is 9. The summed E-state index contributed by atoms with van der Waals surface area (Å²) in [6.45, 7) is 16.9. The van der Waals surface area contributed by atoms with Crippen molar-refractivity contribution in [3.05, 3.63) is 0 Å². The van der Waals surface area contributed by atoms with Crippen molar-refractivity contribution >= 4 is 0 Å². The Balaban J connectivity index is 2.55. The Bertz CT molecular complexity index is 225. The lowest BCUT2D eigenvalue weighted by atomic mass is 9.79. The summed E-state index contributed by atoms with van der Waals surface area (Å²) in [5.41, 5.74) is 0.429. The molecular weight excluding hydrogens is 236 g/mol. The Kier molecular flexibility index (Phi) is 7.96. The van der Waals surface area contributed by atoms with Crippen LogP contribution in [0.5, 0.6) is 0 Å². The molecule has 1 heterocycles. The van der Waals surface area contributed by atoms with Gasteiger partial charge in [0.05, 0.1) is 0 Å². The van der Waals surface area contributed by atoms with Gasteiger partial charge >= 0.3 is 0 Å². The standard InChI is InChI=1S/C16H34N2O/c1-5-9-17-13-16(7-10-19-11-8-16)14-18(6-2)12-15(3)4/h15,17H,5-14H2,1-4H3. The van der Waals surface area contributed by atoms with Gasteiger partial charge in [0.1, 0.15) is 0 Å². The van der Waals surface area contributed by atoms with Crippen molar-refractivity contribution in [3.8, 4) is 0 Å². The molecule has 0 amide bonds. The molecule has 0 spiro atoms. The van der Waals surface area contributed by atoms with Crippen LogP contribution in [0.3, 0.4) is 0 Å². The third-order valence-corrected chi connectivity index (χ3v) is 4.11. The first-order valence-corrected chi connectivity index (χ1v) is 8.12. The first-order chi connectivity index (χ1) is 9.12. The summed E-state index contributed by atoms with van der Waals surface area (Å²) < 4.78 is 5.58. The molecule has 1 N–H and O–H groups in total. The zero-order valence-electron chi connectivity index (χ0n) is 13.5. The van der Waals surface area contributed by atoms with E-state index < -0.39 is 0 Å². The van der Waals surface area contributed by atoms with E-state index in [-0.39, 0.29) is 0 Å². The van der Waals surface area contributed by atoms with Crippen molar-refractivity contribution < 1.29 is 4.74 Å². The molecule has 0 aromatic carbocycles. The Hall–Kier alpha value is -0.120. The molecule has 0 aliphatic carbocycles. The van der Waals surface area contributed by atoms with E-state index in [1.165, 1.54) is 32.4 Å². The van der Waals surface area contributed by atoms with Gasteiger partial charge in [-0.15, -0.1) is 0 Å². The second-order valence-electron chi connectivity index (χ2n) is 6.51. The van der Waals surface area contributed by atoms with Gasteiger partial charge in [0, 0.05) is 32.8 Å². The van der Waals surface area contributed by atoms with E-state index in [4.69, 9.17) is 4.74 Å². The van der Waals surface area contributed by atoms with Crippen molar-refractivity contribution in [1.29, 1.82) is 0 Å². The van der Waals surface area contributed by atoms with Gasteiger partial charge in [0.25, 0.3) is 0 Å². The van der Waals surface area contributed by atoms with Gasteiger partial charge in [-0.05, 0) is 43.7 Å². The molecule has 3 heteroatoms. The fraction of sp³-hybridized carbons (Fsp3) is 1.00. The smallest absolute Gasteiger partial charge is 0.0472 e. The van der Waals surface area contributed by atoms with Gasteiger partial charge in [-0.3, -0.25) is 0 Å². The summed E-state index contributed by atoms with van der Waals surface area (Å²) in [4.78, 5) is 2.63. The van der Waals surface area contributed by atoms with E-state index in [9.17, 15) is 0 Å². The van der Waals surface area contributed by atoms with Crippen LogP contribution >= 0.6 is 0 Å². The molecule has 3 nitrogen and oxygen atoms in total. The third kappa shape index (κ3) is 6.24. The van der Waals surface area contributed by atoms with E-state index in [0.29, 0.717) is 5.41 Å². The van der Waals surface area contributed by atoms with Gasteiger partial charge in [-0.25, -0.2) is 0 Å². The highest BCUT2D eigenvalue weighted by Gasteiger charge is 2.33. The minimum absolute atomic E-state index is 0.429. The maximum atomic E-state index is 5.58. The number of hydrogen-bond acceptors (Lipinski definition) is 3. The van der Waals surface area contributed by atoms with Crippen LogP contribution < -0.4 is 5.32 Å². The normalized spacial score (nSPS) is 19.3. The molecule has 1 aliphatic heterocycles. The molecule has 0 atom stereocenters. The molecule has 0 unspecified atom stereocenters. The third-order valence-electron chi connectivity index (χ3n) is 4.11. The van der Waals surface area contributed by atoms with E-state index in [1.807, 2.05) is 0 Å². The lowest BCUT2D eigenvalue weighted by Crippen LogP contribution is -2.48. The fourth-order valence-corrected chi connectivity index (χ4v) is 3.02. The monoisotopic (exact) mass is 270 g/mol. The van der Waals surface area contributed by atoms with E-state index in [1.54, 1.807) is 0 Å².